The molecule has 3 aliphatic rings. The number of fused-ring (bicyclic) bond motifs is 6. The van der Waals surface area contributed by atoms with Crippen LogP contribution < -0.4 is 10.9 Å². The minimum Gasteiger partial charge on any atom is -0.423 e. The Bertz CT molecular complexity index is 2030. The molecule has 1 fully saturated rings. The zero-order valence-corrected chi connectivity index (χ0v) is 47.3. The van der Waals surface area contributed by atoms with E-state index in [-0.39, 0.29) is 16.7 Å². The van der Waals surface area contributed by atoms with E-state index in [1.807, 2.05) is 0 Å². The molecule has 3 aromatic rings. The highest BCUT2D eigenvalue weighted by molar-refractivity contribution is 6.62. The Balaban J connectivity index is 1.54. The molecule has 0 radical (unpaired) electrons. The molecule has 3 aromatic carbocycles. The summed E-state index contributed by atoms with van der Waals surface area (Å²) < 4.78 is 20.2. The van der Waals surface area contributed by atoms with Gasteiger partial charge in [0.2, 0.25) is 0 Å². The number of benzene rings is 3. The van der Waals surface area contributed by atoms with E-state index in [0.717, 1.165) is 23.8 Å². The summed E-state index contributed by atoms with van der Waals surface area (Å²) in [4.78, 5) is 0. The van der Waals surface area contributed by atoms with Gasteiger partial charge < -0.3 is 19.0 Å². The van der Waals surface area contributed by atoms with Gasteiger partial charge in [-0.2, -0.15) is 0 Å². The molecule has 1 saturated heterocycles. The predicted octanol–water partition coefficient (Wildman–Crippen LogP) is 17.7. The lowest BCUT2D eigenvalue weighted by molar-refractivity contribution is 0.00578. The van der Waals surface area contributed by atoms with Crippen molar-refractivity contribution in [3.8, 4) is 22.3 Å². The van der Waals surface area contributed by atoms with Gasteiger partial charge in [-0.25, -0.2) is 0 Å². The molecule has 2 aliphatic carbocycles. The van der Waals surface area contributed by atoms with E-state index in [1.54, 1.807) is 5.56 Å². The van der Waals surface area contributed by atoms with Gasteiger partial charge in [0.05, 0.1) is 16.8 Å². The summed E-state index contributed by atoms with van der Waals surface area (Å²) in [5.41, 5.74) is 12.3. The Kier molecular flexibility index (Phi) is 20.9. The summed E-state index contributed by atoms with van der Waals surface area (Å²) >= 11 is 0. The highest BCUT2D eigenvalue weighted by atomic mass is 16.7. The third kappa shape index (κ3) is 12.9. The molecule has 0 unspecified atom stereocenters. The molecule has 1 aliphatic heterocycles. The quantitative estimate of drug-likeness (QED) is 0.0488. The van der Waals surface area contributed by atoms with Crippen LogP contribution in [-0.2, 0) is 24.8 Å². The second kappa shape index (κ2) is 25.7. The summed E-state index contributed by atoms with van der Waals surface area (Å²) in [7, 11) is -1.37. The van der Waals surface area contributed by atoms with Gasteiger partial charge >= 0.3 is 14.2 Å². The molecule has 0 amide bonds. The van der Waals surface area contributed by atoms with E-state index in [9.17, 15) is 5.02 Å². The van der Waals surface area contributed by atoms with Gasteiger partial charge in [0.15, 0.2) is 0 Å². The molecule has 0 spiro atoms. The lowest BCUT2D eigenvalue weighted by atomic mass is 9.67. The van der Waals surface area contributed by atoms with Crippen molar-refractivity contribution in [3.63, 3.8) is 0 Å². The summed E-state index contributed by atoms with van der Waals surface area (Å²) in [6.45, 7) is 26.6. The summed E-state index contributed by atoms with van der Waals surface area (Å²) in [6, 6.07) is 19.8. The summed E-state index contributed by atoms with van der Waals surface area (Å²) in [6.07, 6.45) is 35.6. The van der Waals surface area contributed by atoms with Crippen LogP contribution in [0.1, 0.15) is 285 Å². The fourth-order valence-electron chi connectivity index (χ4n) is 12.4. The van der Waals surface area contributed by atoms with E-state index < -0.39 is 31.0 Å². The third-order valence-corrected chi connectivity index (χ3v) is 18.3. The van der Waals surface area contributed by atoms with Crippen LogP contribution in [0, 0.1) is 5.92 Å². The molecule has 70 heavy (non-hydrogen) atoms. The average Bonchev–Trinajstić information content (AvgIpc) is 3.84. The Morgan fingerprint density at radius 3 is 1.21 bits per heavy atom. The van der Waals surface area contributed by atoms with Crippen LogP contribution >= 0.6 is 0 Å². The maximum Gasteiger partial charge on any atom is 0.494 e. The van der Waals surface area contributed by atoms with Crippen LogP contribution in [0.3, 0.4) is 0 Å². The normalized spacial score (nSPS) is 17.0. The van der Waals surface area contributed by atoms with Gasteiger partial charge in [-0.05, 0) is 141 Å². The average molecular weight is 957 g/mol. The molecule has 4 nitrogen and oxygen atoms in total. The molecule has 1 N–H and O–H groups in total. The SMILES string of the molecule is CCCCCCCCC1(CCCCCCCC)c2cc(B(O)OC(C)(C)C(C)C)ccc2-c2cc3c(cc21)-c1ccc(B2OC(C)(C)C(C)(C)O2)cc1C3(CCCCCCCC)CCCCCCCC. The summed E-state index contributed by atoms with van der Waals surface area (Å²) in [5, 5.41) is 11.9. The molecule has 0 aromatic heterocycles. The zero-order valence-electron chi connectivity index (χ0n) is 47.3. The number of unbranched alkanes of at least 4 members (excludes halogenated alkanes) is 20. The first-order valence-electron chi connectivity index (χ1n) is 29.7. The molecule has 388 valence electrons. The van der Waals surface area contributed by atoms with Crippen molar-refractivity contribution in [1.82, 2.24) is 0 Å². The molecule has 0 bridgehead atoms. The Labute approximate surface area is 431 Å². The van der Waals surface area contributed by atoms with Crippen molar-refractivity contribution in [1.29, 1.82) is 0 Å². The summed E-state index contributed by atoms with van der Waals surface area (Å²) in [5.74, 6) is 0.270. The Morgan fingerprint density at radius 2 is 0.829 bits per heavy atom. The van der Waals surface area contributed by atoms with Crippen LogP contribution in [0.15, 0.2) is 48.5 Å². The highest BCUT2D eigenvalue weighted by Gasteiger charge is 2.53. The van der Waals surface area contributed by atoms with Crippen LogP contribution in [0.2, 0.25) is 0 Å². The van der Waals surface area contributed by atoms with E-state index in [4.69, 9.17) is 14.0 Å². The molecule has 0 atom stereocenters. The van der Waals surface area contributed by atoms with Gasteiger partial charge in [0, 0.05) is 10.8 Å². The molecule has 6 heteroatoms. The van der Waals surface area contributed by atoms with Crippen molar-refractivity contribution in [2.45, 2.75) is 291 Å². The van der Waals surface area contributed by atoms with Crippen LogP contribution in [0.25, 0.3) is 22.3 Å². The fourth-order valence-corrected chi connectivity index (χ4v) is 12.4. The van der Waals surface area contributed by atoms with Crippen molar-refractivity contribution < 1.29 is 19.0 Å². The maximum absolute atomic E-state index is 11.9. The lowest BCUT2D eigenvalue weighted by Crippen LogP contribution is -2.44. The van der Waals surface area contributed by atoms with E-state index >= 15 is 0 Å². The molecule has 0 saturated carbocycles. The second-order valence-electron chi connectivity index (χ2n) is 24.6. The van der Waals surface area contributed by atoms with Crippen LogP contribution in [0.4, 0.5) is 0 Å². The number of hydrogen-bond donors (Lipinski definition) is 1. The first kappa shape index (κ1) is 56.9. The first-order chi connectivity index (χ1) is 33.5. The standard InChI is InChI=1S/C64H102B2O4/c1-13-17-21-25-29-33-41-63(42-34-30-26-22-18-14-2)56-45-50(65(67)68-60(7,8)49(5)6)37-39-52(56)54-47-59-55(48-58(54)63)53-40-38-51(66-69-61(9,10)62(11,12)70-66)46-57(53)64(59,43-35-31-27-23-19-15-3)44-36-32-28-24-20-16-4/h37-40,45-49,67H,13-36,41-44H2,1-12H3. The van der Waals surface area contributed by atoms with Crippen LogP contribution in [0.5, 0.6) is 0 Å². The van der Waals surface area contributed by atoms with Crippen molar-refractivity contribution in [2.75, 3.05) is 0 Å². The Morgan fingerprint density at radius 1 is 0.486 bits per heavy atom. The number of rotatable bonds is 33. The molecule has 6 rings (SSSR count). The smallest absolute Gasteiger partial charge is 0.423 e. The molecule has 1 heterocycles. The lowest BCUT2D eigenvalue weighted by Gasteiger charge is -2.35. The first-order valence-corrected chi connectivity index (χ1v) is 29.7. The van der Waals surface area contributed by atoms with Gasteiger partial charge in [-0.15, -0.1) is 0 Å². The van der Waals surface area contributed by atoms with E-state index in [2.05, 4.69) is 132 Å². The van der Waals surface area contributed by atoms with E-state index in [1.165, 1.54) is 206 Å². The van der Waals surface area contributed by atoms with Gasteiger partial charge in [-0.3, -0.25) is 0 Å². The van der Waals surface area contributed by atoms with Gasteiger partial charge in [0.25, 0.3) is 0 Å². The number of hydrogen-bond acceptors (Lipinski definition) is 4. The second-order valence-corrected chi connectivity index (χ2v) is 24.6. The van der Waals surface area contributed by atoms with Crippen LogP contribution in [-0.4, -0.2) is 36.1 Å². The highest BCUT2D eigenvalue weighted by Crippen LogP contribution is 2.61. The Hall–Kier alpha value is -2.37. The fraction of sp³-hybridized carbons (Fsp3) is 0.719. The molecular formula is C64H102B2O4. The molecular weight excluding hydrogens is 854 g/mol. The zero-order chi connectivity index (χ0) is 50.6. The largest absolute Gasteiger partial charge is 0.494 e. The minimum atomic E-state index is -0.982. The van der Waals surface area contributed by atoms with Gasteiger partial charge in [-0.1, -0.05) is 232 Å². The van der Waals surface area contributed by atoms with Crippen molar-refractivity contribution in [3.05, 3.63) is 70.8 Å². The van der Waals surface area contributed by atoms with E-state index in [0.29, 0.717) is 0 Å². The van der Waals surface area contributed by atoms with Crippen molar-refractivity contribution >= 4 is 25.2 Å². The maximum atomic E-state index is 11.9. The topological polar surface area (TPSA) is 47.9 Å². The van der Waals surface area contributed by atoms with Gasteiger partial charge in [0.1, 0.15) is 0 Å². The monoisotopic (exact) mass is 957 g/mol. The predicted molar refractivity (Wildman–Crippen MR) is 304 cm³/mol. The minimum absolute atomic E-state index is 0.0920. The van der Waals surface area contributed by atoms with Crippen molar-refractivity contribution in [2.24, 2.45) is 5.92 Å². The third-order valence-electron chi connectivity index (χ3n) is 18.3.